The fourth-order valence-corrected chi connectivity index (χ4v) is 3.44. The first-order valence-corrected chi connectivity index (χ1v) is 7.63. The fourth-order valence-electron chi connectivity index (χ4n) is 3.44. The molecule has 0 atom stereocenters. The lowest BCUT2D eigenvalue weighted by molar-refractivity contribution is 0.00628. The van der Waals surface area contributed by atoms with Crippen LogP contribution in [-0.2, 0) is 0 Å². The minimum Gasteiger partial charge on any atom is -0.389 e. The average Bonchev–Trinajstić information content (AvgIpc) is 2.29. The minimum atomic E-state index is -0.553. The Balaban J connectivity index is 1.73. The van der Waals surface area contributed by atoms with Gasteiger partial charge in [0.25, 0.3) is 0 Å². The third-order valence-electron chi connectivity index (χ3n) is 4.52. The lowest BCUT2D eigenvalue weighted by Gasteiger charge is -2.42. The molecule has 1 aliphatic heterocycles. The van der Waals surface area contributed by atoms with E-state index in [0.717, 1.165) is 31.6 Å². The van der Waals surface area contributed by atoms with Gasteiger partial charge in [0.2, 0.25) is 0 Å². The second-order valence-electron chi connectivity index (χ2n) is 7.04. The first kappa shape index (κ1) is 14.3. The average molecular weight is 254 g/mol. The fraction of sp³-hybridized carbons (Fsp3) is 1.00. The highest BCUT2D eigenvalue weighted by atomic mass is 16.3. The standard InChI is InChI=1S/C15H30N2O/c1-13-4-6-14(7-5-13)17-10-8-16(9-11-17)12-15(2,3)18/h13-14,18H,4-12H2,1-3H3. The quantitative estimate of drug-likeness (QED) is 0.834. The molecule has 1 saturated heterocycles. The number of hydrogen-bond acceptors (Lipinski definition) is 3. The van der Waals surface area contributed by atoms with Crippen molar-refractivity contribution in [2.75, 3.05) is 32.7 Å². The molecule has 1 saturated carbocycles. The monoisotopic (exact) mass is 254 g/mol. The van der Waals surface area contributed by atoms with Crippen molar-refractivity contribution >= 4 is 0 Å². The van der Waals surface area contributed by atoms with Crippen LogP contribution in [0.1, 0.15) is 46.5 Å². The maximum absolute atomic E-state index is 9.86. The summed E-state index contributed by atoms with van der Waals surface area (Å²) < 4.78 is 0. The molecule has 18 heavy (non-hydrogen) atoms. The summed E-state index contributed by atoms with van der Waals surface area (Å²) in [6.45, 7) is 11.6. The van der Waals surface area contributed by atoms with Crippen LogP contribution in [0.3, 0.4) is 0 Å². The van der Waals surface area contributed by atoms with Crippen LogP contribution < -0.4 is 0 Å². The summed E-state index contributed by atoms with van der Waals surface area (Å²) in [5.41, 5.74) is -0.553. The van der Waals surface area contributed by atoms with Crippen molar-refractivity contribution in [1.82, 2.24) is 9.80 Å². The summed E-state index contributed by atoms with van der Waals surface area (Å²) in [7, 11) is 0. The maximum Gasteiger partial charge on any atom is 0.0718 e. The predicted octanol–water partition coefficient (Wildman–Crippen LogP) is 1.95. The largest absolute Gasteiger partial charge is 0.389 e. The molecule has 1 heterocycles. The van der Waals surface area contributed by atoms with E-state index in [2.05, 4.69) is 16.7 Å². The number of hydrogen-bond donors (Lipinski definition) is 1. The minimum absolute atomic E-state index is 0.553. The summed E-state index contributed by atoms with van der Waals surface area (Å²) in [6.07, 6.45) is 5.61. The Hall–Kier alpha value is -0.120. The molecule has 0 aromatic rings. The molecule has 0 aromatic carbocycles. The predicted molar refractivity (Wildman–Crippen MR) is 75.7 cm³/mol. The zero-order valence-electron chi connectivity index (χ0n) is 12.4. The van der Waals surface area contributed by atoms with Crippen LogP contribution in [0.25, 0.3) is 0 Å². The Labute approximate surface area is 112 Å². The van der Waals surface area contributed by atoms with Gasteiger partial charge >= 0.3 is 0 Å². The molecule has 0 aromatic heterocycles. The highest BCUT2D eigenvalue weighted by Crippen LogP contribution is 2.27. The smallest absolute Gasteiger partial charge is 0.0718 e. The van der Waals surface area contributed by atoms with Gasteiger partial charge in [0.1, 0.15) is 0 Å². The van der Waals surface area contributed by atoms with Crippen LogP contribution in [0, 0.1) is 5.92 Å². The van der Waals surface area contributed by atoms with Gasteiger partial charge in [-0.15, -0.1) is 0 Å². The van der Waals surface area contributed by atoms with Crippen molar-refractivity contribution in [3.8, 4) is 0 Å². The van der Waals surface area contributed by atoms with Crippen LogP contribution >= 0.6 is 0 Å². The Morgan fingerprint density at radius 1 is 1.00 bits per heavy atom. The van der Waals surface area contributed by atoms with Crippen LogP contribution in [0.5, 0.6) is 0 Å². The van der Waals surface area contributed by atoms with Crippen molar-refractivity contribution in [2.24, 2.45) is 5.92 Å². The highest BCUT2D eigenvalue weighted by molar-refractivity contribution is 4.84. The van der Waals surface area contributed by atoms with Gasteiger partial charge in [-0.05, 0) is 45.4 Å². The van der Waals surface area contributed by atoms with E-state index in [0.29, 0.717) is 0 Å². The molecular weight excluding hydrogens is 224 g/mol. The number of rotatable bonds is 3. The zero-order chi connectivity index (χ0) is 13.2. The molecule has 0 unspecified atom stereocenters. The second-order valence-corrected chi connectivity index (χ2v) is 7.04. The molecule has 0 spiro atoms. The second kappa shape index (κ2) is 5.89. The summed E-state index contributed by atoms with van der Waals surface area (Å²) in [6, 6.07) is 0.838. The van der Waals surface area contributed by atoms with E-state index in [1.807, 2.05) is 13.8 Å². The first-order valence-electron chi connectivity index (χ1n) is 7.63. The molecule has 2 aliphatic rings. The first-order chi connectivity index (χ1) is 8.44. The van der Waals surface area contributed by atoms with Crippen LogP contribution in [0.4, 0.5) is 0 Å². The zero-order valence-corrected chi connectivity index (χ0v) is 12.4. The lowest BCUT2D eigenvalue weighted by Crippen LogP contribution is -2.53. The molecule has 1 N–H and O–H groups in total. The Bertz CT molecular complexity index is 246. The van der Waals surface area contributed by atoms with Gasteiger partial charge in [-0.2, -0.15) is 0 Å². The third kappa shape index (κ3) is 4.22. The van der Waals surface area contributed by atoms with Gasteiger partial charge in [0.05, 0.1) is 5.60 Å². The Morgan fingerprint density at radius 2 is 1.56 bits per heavy atom. The van der Waals surface area contributed by atoms with Crippen molar-refractivity contribution in [3.63, 3.8) is 0 Å². The molecule has 0 radical (unpaired) electrons. The Morgan fingerprint density at radius 3 is 2.06 bits per heavy atom. The van der Waals surface area contributed by atoms with Crippen LogP contribution in [0.15, 0.2) is 0 Å². The molecule has 3 heteroatoms. The van der Waals surface area contributed by atoms with Crippen LogP contribution in [-0.4, -0.2) is 59.3 Å². The molecule has 3 nitrogen and oxygen atoms in total. The van der Waals surface area contributed by atoms with Gasteiger partial charge in [-0.1, -0.05) is 6.92 Å². The maximum atomic E-state index is 9.86. The molecular formula is C15H30N2O. The lowest BCUT2D eigenvalue weighted by atomic mass is 9.86. The van der Waals surface area contributed by atoms with Gasteiger partial charge in [-0.25, -0.2) is 0 Å². The van der Waals surface area contributed by atoms with E-state index < -0.39 is 5.60 Å². The van der Waals surface area contributed by atoms with Crippen molar-refractivity contribution in [1.29, 1.82) is 0 Å². The topological polar surface area (TPSA) is 26.7 Å². The van der Waals surface area contributed by atoms with E-state index in [1.165, 1.54) is 38.8 Å². The molecule has 0 bridgehead atoms. The number of β-amino-alcohol motifs (C(OH)–C–C–N with tert-alkyl or cyclic N) is 1. The van der Waals surface area contributed by atoms with Gasteiger partial charge < -0.3 is 5.11 Å². The van der Waals surface area contributed by atoms with Crippen LogP contribution in [0.2, 0.25) is 0 Å². The van der Waals surface area contributed by atoms with Gasteiger partial charge in [0, 0.05) is 38.8 Å². The Kier molecular flexibility index (Phi) is 4.68. The van der Waals surface area contributed by atoms with Gasteiger partial charge in [-0.3, -0.25) is 9.80 Å². The number of piperazine rings is 1. The number of nitrogens with zero attached hydrogens (tertiary/aromatic N) is 2. The van der Waals surface area contributed by atoms with E-state index in [-0.39, 0.29) is 0 Å². The van der Waals surface area contributed by atoms with Crippen molar-refractivity contribution in [2.45, 2.75) is 58.1 Å². The molecule has 0 amide bonds. The van der Waals surface area contributed by atoms with E-state index >= 15 is 0 Å². The van der Waals surface area contributed by atoms with E-state index in [1.54, 1.807) is 0 Å². The van der Waals surface area contributed by atoms with E-state index in [4.69, 9.17) is 0 Å². The summed E-state index contributed by atoms with van der Waals surface area (Å²) in [5, 5.41) is 9.86. The van der Waals surface area contributed by atoms with Crippen molar-refractivity contribution < 1.29 is 5.11 Å². The molecule has 2 rings (SSSR count). The summed E-state index contributed by atoms with van der Waals surface area (Å²) >= 11 is 0. The SMILES string of the molecule is CC1CCC(N2CCN(CC(C)(C)O)CC2)CC1. The number of aliphatic hydroxyl groups is 1. The summed E-state index contributed by atoms with van der Waals surface area (Å²) in [4.78, 5) is 5.09. The molecule has 106 valence electrons. The van der Waals surface area contributed by atoms with Crippen molar-refractivity contribution in [3.05, 3.63) is 0 Å². The van der Waals surface area contributed by atoms with E-state index in [9.17, 15) is 5.11 Å². The summed E-state index contributed by atoms with van der Waals surface area (Å²) in [5.74, 6) is 0.942. The third-order valence-corrected chi connectivity index (χ3v) is 4.52. The normalized spacial score (nSPS) is 32.7. The molecule has 1 aliphatic carbocycles. The molecule has 2 fully saturated rings. The highest BCUT2D eigenvalue weighted by Gasteiger charge is 2.28. The van der Waals surface area contributed by atoms with Gasteiger partial charge in [0.15, 0.2) is 0 Å².